The van der Waals surface area contributed by atoms with Gasteiger partial charge in [0.05, 0.1) is 13.2 Å². The van der Waals surface area contributed by atoms with Crippen molar-refractivity contribution in [1.29, 1.82) is 0 Å². The number of hydrogen-bond donors (Lipinski definition) is 3. The zero-order valence-corrected chi connectivity index (χ0v) is 8.91. The monoisotopic (exact) mass is 218 g/mol. The van der Waals surface area contributed by atoms with Gasteiger partial charge in [-0.15, -0.1) is 0 Å². The number of methoxy groups -OCH3 is 1. The first-order valence-electron chi connectivity index (χ1n) is 4.85. The van der Waals surface area contributed by atoms with E-state index < -0.39 is 5.97 Å². The normalized spacial score (nSPS) is 9.93. The lowest BCUT2D eigenvalue weighted by molar-refractivity contribution is -0.137. The lowest BCUT2D eigenvalue weighted by Crippen LogP contribution is -2.35. The van der Waals surface area contributed by atoms with Gasteiger partial charge in [0.25, 0.3) is 0 Å². The molecule has 0 aromatic carbocycles. The van der Waals surface area contributed by atoms with Crippen LogP contribution in [0.2, 0.25) is 0 Å². The van der Waals surface area contributed by atoms with Crippen LogP contribution in [0.15, 0.2) is 0 Å². The van der Waals surface area contributed by atoms with Crippen LogP contribution in [-0.4, -0.2) is 50.3 Å². The van der Waals surface area contributed by atoms with Crippen molar-refractivity contribution in [3.8, 4) is 0 Å². The van der Waals surface area contributed by atoms with E-state index in [1.54, 1.807) is 7.11 Å². The van der Waals surface area contributed by atoms with Gasteiger partial charge in [0.1, 0.15) is 0 Å². The number of carbonyl (C=O) groups is 2. The summed E-state index contributed by atoms with van der Waals surface area (Å²) >= 11 is 0. The number of ether oxygens (including phenoxy) is 1. The minimum Gasteiger partial charge on any atom is -0.481 e. The first-order chi connectivity index (χ1) is 7.16. The Kier molecular flexibility index (Phi) is 8.70. The van der Waals surface area contributed by atoms with Crippen LogP contribution in [0.3, 0.4) is 0 Å². The smallest absolute Gasteiger partial charge is 0.303 e. The predicted octanol–water partition coefficient (Wildman–Crippen LogP) is -0.797. The maximum atomic E-state index is 11.1. The van der Waals surface area contributed by atoms with Gasteiger partial charge in [-0.25, -0.2) is 0 Å². The molecule has 0 fully saturated rings. The highest BCUT2D eigenvalue weighted by Crippen LogP contribution is 1.85. The number of carboxylic acids is 1. The third-order valence-electron chi connectivity index (χ3n) is 1.66. The van der Waals surface area contributed by atoms with E-state index in [2.05, 4.69) is 10.6 Å². The van der Waals surface area contributed by atoms with Crippen LogP contribution in [0.1, 0.15) is 12.8 Å². The Morgan fingerprint density at radius 3 is 2.67 bits per heavy atom. The second-order valence-corrected chi connectivity index (χ2v) is 3.02. The van der Waals surface area contributed by atoms with Gasteiger partial charge in [-0.1, -0.05) is 0 Å². The molecule has 0 saturated carbocycles. The minimum absolute atomic E-state index is 0.0807. The molecule has 0 aromatic rings. The molecule has 0 rings (SSSR count). The largest absolute Gasteiger partial charge is 0.481 e. The number of amides is 1. The molecule has 0 saturated heterocycles. The van der Waals surface area contributed by atoms with Crippen LogP contribution in [0.25, 0.3) is 0 Å². The maximum Gasteiger partial charge on any atom is 0.303 e. The van der Waals surface area contributed by atoms with Crippen molar-refractivity contribution in [2.24, 2.45) is 0 Å². The molecule has 0 atom stereocenters. The van der Waals surface area contributed by atoms with E-state index in [4.69, 9.17) is 9.84 Å². The highest BCUT2D eigenvalue weighted by Gasteiger charge is 2.00. The van der Waals surface area contributed by atoms with Crippen LogP contribution in [0.4, 0.5) is 0 Å². The number of hydrogen-bond acceptors (Lipinski definition) is 4. The first kappa shape index (κ1) is 13.9. The molecule has 0 aliphatic carbocycles. The average Bonchev–Trinajstić information content (AvgIpc) is 2.19. The Labute approximate surface area is 89.0 Å². The predicted molar refractivity (Wildman–Crippen MR) is 54.6 cm³/mol. The van der Waals surface area contributed by atoms with E-state index >= 15 is 0 Å². The van der Waals surface area contributed by atoms with Crippen LogP contribution in [0, 0.1) is 0 Å². The fourth-order valence-electron chi connectivity index (χ4n) is 0.906. The van der Waals surface area contributed by atoms with Gasteiger partial charge in [0, 0.05) is 26.6 Å². The van der Waals surface area contributed by atoms with Crippen molar-refractivity contribution in [2.45, 2.75) is 12.8 Å². The van der Waals surface area contributed by atoms with Crippen molar-refractivity contribution in [3.05, 3.63) is 0 Å². The summed E-state index contributed by atoms with van der Waals surface area (Å²) in [7, 11) is 1.59. The van der Waals surface area contributed by atoms with Gasteiger partial charge in [-0.05, 0) is 6.42 Å². The van der Waals surface area contributed by atoms with Gasteiger partial charge in [-0.2, -0.15) is 0 Å². The Bertz CT molecular complexity index is 197. The fourth-order valence-corrected chi connectivity index (χ4v) is 0.906. The molecule has 0 bridgehead atoms. The summed E-state index contributed by atoms with van der Waals surface area (Å²) < 4.78 is 4.79. The molecule has 0 unspecified atom stereocenters. The molecule has 6 heteroatoms. The van der Waals surface area contributed by atoms with E-state index in [9.17, 15) is 9.59 Å². The highest BCUT2D eigenvalue weighted by atomic mass is 16.5. The van der Waals surface area contributed by atoms with Gasteiger partial charge in [0.2, 0.25) is 5.91 Å². The van der Waals surface area contributed by atoms with Crippen molar-refractivity contribution in [1.82, 2.24) is 10.6 Å². The minimum atomic E-state index is -0.845. The molecular weight excluding hydrogens is 200 g/mol. The Balaban J connectivity index is 3.22. The summed E-state index contributed by atoms with van der Waals surface area (Å²) in [5.74, 6) is -0.973. The van der Waals surface area contributed by atoms with Crippen molar-refractivity contribution in [2.75, 3.05) is 33.4 Å². The molecule has 0 aliphatic heterocycles. The summed E-state index contributed by atoms with van der Waals surface area (Å²) in [6.07, 6.45) is 0.538. The molecular formula is C9H18N2O4. The fraction of sp³-hybridized carbons (Fsp3) is 0.778. The zero-order valence-electron chi connectivity index (χ0n) is 8.91. The molecule has 1 amide bonds. The molecule has 0 heterocycles. The van der Waals surface area contributed by atoms with E-state index in [0.29, 0.717) is 26.1 Å². The topological polar surface area (TPSA) is 87.7 Å². The summed E-state index contributed by atoms with van der Waals surface area (Å²) in [4.78, 5) is 21.2. The molecule has 0 aliphatic rings. The third kappa shape index (κ3) is 10.8. The van der Waals surface area contributed by atoms with Gasteiger partial charge >= 0.3 is 5.97 Å². The van der Waals surface area contributed by atoms with Crippen LogP contribution >= 0.6 is 0 Å². The van der Waals surface area contributed by atoms with Crippen molar-refractivity contribution < 1.29 is 19.4 Å². The molecule has 88 valence electrons. The van der Waals surface area contributed by atoms with E-state index in [1.165, 1.54) is 0 Å². The molecule has 0 radical (unpaired) electrons. The summed E-state index contributed by atoms with van der Waals surface area (Å²) in [5, 5.41) is 13.8. The van der Waals surface area contributed by atoms with E-state index in [-0.39, 0.29) is 18.9 Å². The lowest BCUT2D eigenvalue weighted by atomic mass is 10.3. The SMILES string of the molecule is COCCNCC(=O)NCCCC(=O)O. The summed E-state index contributed by atoms with van der Waals surface area (Å²) in [6.45, 7) is 1.82. The second-order valence-electron chi connectivity index (χ2n) is 3.02. The number of carbonyl (C=O) groups excluding carboxylic acids is 1. The Hall–Kier alpha value is -1.14. The zero-order chi connectivity index (χ0) is 11.5. The first-order valence-corrected chi connectivity index (χ1v) is 4.85. The number of nitrogens with one attached hydrogen (secondary N) is 2. The van der Waals surface area contributed by atoms with Gasteiger partial charge in [-0.3, -0.25) is 9.59 Å². The lowest BCUT2D eigenvalue weighted by Gasteiger charge is -2.05. The second kappa shape index (κ2) is 9.42. The van der Waals surface area contributed by atoms with Crippen LogP contribution in [0.5, 0.6) is 0 Å². The number of carboxylic acid groups (broad SMARTS) is 1. The summed E-state index contributed by atoms with van der Waals surface area (Å²) in [6, 6.07) is 0. The van der Waals surface area contributed by atoms with Crippen LogP contribution < -0.4 is 10.6 Å². The van der Waals surface area contributed by atoms with Crippen molar-refractivity contribution in [3.63, 3.8) is 0 Å². The number of rotatable bonds is 9. The van der Waals surface area contributed by atoms with Gasteiger partial charge < -0.3 is 20.5 Å². The molecule has 6 nitrogen and oxygen atoms in total. The molecule has 15 heavy (non-hydrogen) atoms. The van der Waals surface area contributed by atoms with Crippen molar-refractivity contribution >= 4 is 11.9 Å². The third-order valence-corrected chi connectivity index (χ3v) is 1.66. The van der Waals surface area contributed by atoms with E-state index in [0.717, 1.165) is 0 Å². The summed E-state index contributed by atoms with van der Waals surface area (Å²) in [5.41, 5.74) is 0. The Morgan fingerprint density at radius 2 is 2.07 bits per heavy atom. The Morgan fingerprint density at radius 1 is 1.33 bits per heavy atom. The molecule has 0 aromatic heterocycles. The molecule has 0 spiro atoms. The van der Waals surface area contributed by atoms with E-state index in [1.807, 2.05) is 0 Å². The maximum absolute atomic E-state index is 11.1. The standard InChI is InChI=1S/C9H18N2O4/c1-15-6-5-10-7-8(12)11-4-2-3-9(13)14/h10H,2-7H2,1H3,(H,11,12)(H,13,14). The number of aliphatic carboxylic acids is 1. The average molecular weight is 218 g/mol. The van der Waals surface area contributed by atoms with Gasteiger partial charge in [0.15, 0.2) is 0 Å². The van der Waals surface area contributed by atoms with Crippen LogP contribution in [-0.2, 0) is 14.3 Å². The quantitative estimate of drug-likeness (QED) is 0.441. The molecule has 3 N–H and O–H groups in total. The highest BCUT2D eigenvalue weighted by molar-refractivity contribution is 5.78.